The summed E-state index contributed by atoms with van der Waals surface area (Å²) in [6, 6.07) is 15.5. The number of ether oxygens (including phenoxy) is 1. The molecule has 3 atom stereocenters. The van der Waals surface area contributed by atoms with E-state index in [1.807, 2.05) is 48.5 Å². The summed E-state index contributed by atoms with van der Waals surface area (Å²) in [5.41, 5.74) is 3.50. The number of nitrogens with zero attached hydrogens (tertiary/aromatic N) is 1. The van der Waals surface area contributed by atoms with Crippen LogP contribution in [0.25, 0.3) is 4.85 Å². The van der Waals surface area contributed by atoms with E-state index in [4.69, 9.17) is 11.3 Å². The molecule has 0 radical (unpaired) electrons. The average molecular weight is 361 g/mol. The number of hydrogen-bond acceptors (Lipinski definition) is 3. The molecule has 1 saturated carbocycles. The molecule has 5 nitrogen and oxygen atoms in total. The van der Waals surface area contributed by atoms with Gasteiger partial charge in [0.1, 0.15) is 6.61 Å². The standard InChI is InChI=1S/C22H23N3O2/c1-14-20(16-8-9-16)24-19-11-10-17(23-2)12-18(19)21(14)25-22(26)27-13-15-6-4-3-5-7-15/h3-7,10-12,14,16,20-21,24H,8-9,13H2,1H3,(H,25,26)/t14-,20+,21+/m0/s1. The van der Waals surface area contributed by atoms with Crippen LogP contribution in [0.2, 0.25) is 0 Å². The van der Waals surface area contributed by atoms with E-state index in [0.717, 1.165) is 16.8 Å². The number of carbonyl (C=O) groups is 1. The Morgan fingerprint density at radius 1 is 1.26 bits per heavy atom. The lowest BCUT2D eigenvalue weighted by Gasteiger charge is -2.39. The molecule has 2 aliphatic rings. The van der Waals surface area contributed by atoms with Crippen molar-refractivity contribution in [3.8, 4) is 0 Å². The highest BCUT2D eigenvalue weighted by molar-refractivity contribution is 5.71. The molecule has 2 aromatic carbocycles. The summed E-state index contributed by atoms with van der Waals surface area (Å²) in [5.74, 6) is 0.869. The summed E-state index contributed by atoms with van der Waals surface area (Å²) in [6.07, 6.45) is 2.02. The molecule has 0 spiro atoms. The quantitative estimate of drug-likeness (QED) is 0.750. The van der Waals surface area contributed by atoms with Crippen molar-refractivity contribution in [2.24, 2.45) is 11.8 Å². The molecule has 1 aliphatic carbocycles. The molecular weight excluding hydrogens is 338 g/mol. The van der Waals surface area contributed by atoms with Crippen LogP contribution in [0.5, 0.6) is 0 Å². The number of amides is 1. The van der Waals surface area contributed by atoms with E-state index in [9.17, 15) is 4.79 Å². The summed E-state index contributed by atoms with van der Waals surface area (Å²) >= 11 is 0. The van der Waals surface area contributed by atoms with Gasteiger partial charge < -0.3 is 15.4 Å². The zero-order valence-electron chi connectivity index (χ0n) is 15.3. The molecule has 0 aromatic heterocycles. The zero-order valence-corrected chi connectivity index (χ0v) is 15.3. The second-order valence-electron chi connectivity index (χ2n) is 7.43. The monoisotopic (exact) mass is 361 g/mol. The largest absolute Gasteiger partial charge is 0.445 e. The van der Waals surface area contributed by atoms with E-state index in [0.29, 0.717) is 17.6 Å². The first-order valence-electron chi connectivity index (χ1n) is 9.41. The van der Waals surface area contributed by atoms with Crippen LogP contribution in [0.1, 0.15) is 36.9 Å². The van der Waals surface area contributed by atoms with Gasteiger partial charge in [-0.2, -0.15) is 0 Å². The Balaban J connectivity index is 1.52. The minimum absolute atomic E-state index is 0.170. The highest BCUT2D eigenvalue weighted by Gasteiger charge is 2.42. The molecule has 1 fully saturated rings. The van der Waals surface area contributed by atoms with Crippen LogP contribution < -0.4 is 10.6 Å². The number of hydrogen-bond donors (Lipinski definition) is 2. The van der Waals surface area contributed by atoms with Crippen molar-refractivity contribution in [1.82, 2.24) is 5.32 Å². The lowest BCUT2D eigenvalue weighted by molar-refractivity contribution is 0.130. The summed E-state index contributed by atoms with van der Waals surface area (Å²) in [4.78, 5) is 16.0. The number of alkyl carbamates (subject to hydrolysis) is 1. The third-order valence-corrected chi connectivity index (χ3v) is 5.53. The minimum atomic E-state index is -0.425. The molecule has 0 saturated heterocycles. The van der Waals surface area contributed by atoms with Crippen molar-refractivity contribution in [2.75, 3.05) is 5.32 Å². The van der Waals surface area contributed by atoms with Crippen LogP contribution >= 0.6 is 0 Å². The van der Waals surface area contributed by atoms with E-state index >= 15 is 0 Å². The predicted molar refractivity (Wildman–Crippen MR) is 105 cm³/mol. The van der Waals surface area contributed by atoms with Crippen LogP contribution in [0.15, 0.2) is 48.5 Å². The Morgan fingerprint density at radius 2 is 2.04 bits per heavy atom. The van der Waals surface area contributed by atoms with Crippen LogP contribution in [-0.2, 0) is 11.3 Å². The van der Waals surface area contributed by atoms with Crippen LogP contribution in [0.4, 0.5) is 16.2 Å². The Bertz CT molecular complexity index is 871. The lowest BCUT2D eigenvalue weighted by atomic mass is 9.81. The van der Waals surface area contributed by atoms with Gasteiger partial charge in [-0.25, -0.2) is 9.64 Å². The molecule has 1 amide bonds. The smallest absolute Gasteiger partial charge is 0.407 e. The summed E-state index contributed by atoms with van der Waals surface area (Å²) < 4.78 is 5.43. The maximum Gasteiger partial charge on any atom is 0.407 e. The SMILES string of the molecule is [C-]#[N+]c1ccc2c(c1)[C@H](NC(=O)OCc1ccccc1)[C@@H](C)[C@H](C1CC1)N2. The number of rotatable bonds is 4. The molecule has 138 valence electrons. The average Bonchev–Trinajstić information content (AvgIpc) is 3.54. The van der Waals surface area contributed by atoms with Gasteiger partial charge in [0.2, 0.25) is 0 Å². The molecule has 27 heavy (non-hydrogen) atoms. The molecular formula is C22H23N3O2. The van der Waals surface area contributed by atoms with Crippen LogP contribution in [-0.4, -0.2) is 12.1 Å². The fourth-order valence-electron chi connectivity index (χ4n) is 3.91. The van der Waals surface area contributed by atoms with Crippen molar-refractivity contribution in [3.63, 3.8) is 0 Å². The fraction of sp³-hybridized carbons (Fsp3) is 0.364. The van der Waals surface area contributed by atoms with E-state index in [1.54, 1.807) is 0 Å². The van der Waals surface area contributed by atoms with E-state index < -0.39 is 6.09 Å². The van der Waals surface area contributed by atoms with Gasteiger partial charge in [0.05, 0.1) is 12.6 Å². The third-order valence-electron chi connectivity index (χ3n) is 5.53. The Morgan fingerprint density at radius 3 is 2.74 bits per heavy atom. The maximum atomic E-state index is 12.5. The first kappa shape index (κ1) is 17.4. The highest BCUT2D eigenvalue weighted by Crippen LogP contribution is 2.46. The highest BCUT2D eigenvalue weighted by atomic mass is 16.5. The van der Waals surface area contributed by atoms with Gasteiger partial charge in [-0.1, -0.05) is 43.3 Å². The number of fused-ring (bicyclic) bond motifs is 1. The second kappa shape index (κ2) is 7.32. The van der Waals surface area contributed by atoms with Gasteiger partial charge in [0.15, 0.2) is 5.69 Å². The van der Waals surface area contributed by atoms with E-state index in [-0.39, 0.29) is 18.6 Å². The van der Waals surface area contributed by atoms with Gasteiger partial charge in [-0.15, -0.1) is 0 Å². The van der Waals surface area contributed by atoms with Crippen molar-refractivity contribution in [1.29, 1.82) is 0 Å². The van der Waals surface area contributed by atoms with Crippen LogP contribution in [0.3, 0.4) is 0 Å². The zero-order chi connectivity index (χ0) is 18.8. The Kier molecular flexibility index (Phi) is 4.72. The first-order valence-corrected chi connectivity index (χ1v) is 9.41. The van der Waals surface area contributed by atoms with Crippen molar-refractivity contribution >= 4 is 17.5 Å². The first-order chi connectivity index (χ1) is 13.2. The van der Waals surface area contributed by atoms with Crippen molar-refractivity contribution < 1.29 is 9.53 Å². The predicted octanol–water partition coefficient (Wildman–Crippen LogP) is 5.05. The van der Waals surface area contributed by atoms with E-state index in [1.165, 1.54) is 12.8 Å². The number of benzene rings is 2. The van der Waals surface area contributed by atoms with Gasteiger partial charge in [0, 0.05) is 17.6 Å². The normalized spacial score (nSPS) is 23.5. The van der Waals surface area contributed by atoms with Crippen molar-refractivity contribution in [2.45, 2.75) is 38.5 Å². The van der Waals surface area contributed by atoms with Crippen molar-refractivity contribution in [3.05, 3.63) is 71.1 Å². The number of anilines is 1. The Hall–Kier alpha value is -3.00. The topological polar surface area (TPSA) is 54.7 Å². The molecule has 1 aliphatic heterocycles. The molecule has 4 rings (SSSR count). The van der Waals surface area contributed by atoms with Gasteiger partial charge in [0.25, 0.3) is 0 Å². The maximum absolute atomic E-state index is 12.5. The minimum Gasteiger partial charge on any atom is -0.445 e. The van der Waals surface area contributed by atoms with Crippen LogP contribution in [0, 0.1) is 18.4 Å². The molecule has 2 N–H and O–H groups in total. The molecule has 5 heteroatoms. The van der Waals surface area contributed by atoms with Gasteiger partial charge in [-0.05, 0) is 42.0 Å². The molecule has 2 aromatic rings. The number of nitrogens with one attached hydrogen (secondary N) is 2. The van der Waals surface area contributed by atoms with E-state index in [2.05, 4.69) is 22.4 Å². The lowest BCUT2D eigenvalue weighted by Crippen LogP contribution is -2.45. The Labute approximate surface area is 159 Å². The molecule has 0 unspecified atom stereocenters. The van der Waals surface area contributed by atoms with Gasteiger partial charge in [-0.3, -0.25) is 0 Å². The summed E-state index contributed by atoms with van der Waals surface area (Å²) in [5, 5.41) is 6.68. The molecule has 1 heterocycles. The summed E-state index contributed by atoms with van der Waals surface area (Å²) in [6.45, 7) is 9.69. The summed E-state index contributed by atoms with van der Waals surface area (Å²) in [7, 11) is 0. The second-order valence-corrected chi connectivity index (χ2v) is 7.43. The molecule has 0 bridgehead atoms. The fourth-order valence-corrected chi connectivity index (χ4v) is 3.91. The number of carbonyl (C=O) groups excluding carboxylic acids is 1. The van der Waals surface area contributed by atoms with Gasteiger partial charge >= 0.3 is 6.09 Å². The third kappa shape index (κ3) is 3.75.